The highest BCUT2D eigenvalue weighted by molar-refractivity contribution is 7.20. The lowest BCUT2D eigenvalue weighted by molar-refractivity contribution is 0.0958. The van der Waals surface area contributed by atoms with Crippen LogP contribution in [0.1, 0.15) is 33.5 Å². The number of carbonyl (C=O) groups excluding carboxylic acids is 1. The molecular weight excluding hydrogens is 400 g/mol. The van der Waals surface area contributed by atoms with Crippen LogP contribution in [0.3, 0.4) is 0 Å². The number of amides is 1. The third kappa shape index (κ3) is 3.73. The minimum absolute atomic E-state index is 0.0917. The normalized spacial score (nSPS) is 15.5. The Labute approximate surface area is 180 Å². The van der Waals surface area contributed by atoms with Crippen LogP contribution in [-0.4, -0.2) is 49.2 Å². The van der Waals surface area contributed by atoms with Crippen LogP contribution in [0.15, 0.2) is 24.3 Å². The predicted octanol–water partition coefficient (Wildman–Crippen LogP) is 3.34. The van der Waals surface area contributed by atoms with E-state index in [4.69, 9.17) is 9.47 Å². The van der Waals surface area contributed by atoms with Gasteiger partial charge in [-0.3, -0.25) is 4.79 Å². The van der Waals surface area contributed by atoms with Gasteiger partial charge in [0, 0.05) is 31.9 Å². The lowest BCUT2D eigenvalue weighted by atomic mass is 10.1. The molecule has 3 heterocycles. The predicted molar refractivity (Wildman–Crippen MR) is 119 cm³/mol. The van der Waals surface area contributed by atoms with Crippen molar-refractivity contribution in [1.29, 1.82) is 0 Å². The Morgan fingerprint density at radius 2 is 2.10 bits per heavy atom. The average Bonchev–Trinajstić information content (AvgIpc) is 3.24. The van der Waals surface area contributed by atoms with Gasteiger partial charge in [0.05, 0.1) is 17.4 Å². The van der Waals surface area contributed by atoms with Gasteiger partial charge in [-0.15, -0.1) is 11.3 Å². The van der Waals surface area contributed by atoms with E-state index in [1.54, 1.807) is 14.2 Å². The minimum Gasteiger partial charge on any atom is -0.480 e. The third-order valence-corrected chi connectivity index (χ3v) is 6.65. The number of methoxy groups -OCH3 is 2. The molecule has 0 fully saturated rings. The zero-order valence-corrected chi connectivity index (χ0v) is 18.5. The summed E-state index contributed by atoms with van der Waals surface area (Å²) in [5.41, 5.74) is 3.48. The summed E-state index contributed by atoms with van der Waals surface area (Å²) in [4.78, 5) is 25.6. The Morgan fingerprint density at radius 1 is 1.30 bits per heavy atom. The molecule has 30 heavy (non-hydrogen) atoms. The number of thiophene rings is 1. The Bertz CT molecular complexity index is 1080. The Kier molecular flexibility index (Phi) is 5.87. The zero-order valence-electron chi connectivity index (χ0n) is 17.7. The molecule has 158 valence electrons. The first-order chi connectivity index (χ1) is 14.5. The number of hydrogen-bond donors (Lipinski definition) is 1. The Balaban J connectivity index is 1.49. The first-order valence-electron chi connectivity index (χ1n) is 9.99. The molecular formula is C22H26N4O3S. The molecule has 3 aromatic rings. The molecule has 1 unspecified atom stereocenters. The van der Waals surface area contributed by atoms with E-state index in [-0.39, 0.29) is 5.91 Å². The van der Waals surface area contributed by atoms with Gasteiger partial charge in [0.1, 0.15) is 11.4 Å². The lowest BCUT2D eigenvalue weighted by Gasteiger charge is -2.25. The molecule has 7 nitrogen and oxygen atoms in total. The number of rotatable bonds is 7. The molecule has 4 rings (SSSR count). The van der Waals surface area contributed by atoms with E-state index in [9.17, 15) is 4.79 Å². The highest BCUT2D eigenvalue weighted by Gasteiger charge is 2.25. The van der Waals surface area contributed by atoms with Gasteiger partial charge in [-0.05, 0) is 37.5 Å². The molecule has 2 aromatic heterocycles. The summed E-state index contributed by atoms with van der Waals surface area (Å²) in [6.45, 7) is 5.77. The average molecular weight is 427 g/mol. The van der Waals surface area contributed by atoms with E-state index >= 15 is 0 Å². The number of nitrogens with one attached hydrogen (secondary N) is 1. The van der Waals surface area contributed by atoms with Gasteiger partial charge >= 0.3 is 0 Å². The van der Waals surface area contributed by atoms with Gasteiger partial charge in [-0.1, -0.05) is 18.2 Å². The topological polar surface area (TPSA) is 76.6 Å². The maximum Gasteiger partial charge on any atom is 0.261 e. The van der Waals surface area contributed by atoms with E-state index in [2.05, 4.69) is 51.4 Å². The highest BCUT2D eigenvalue weighted by atomic mass is 32.1. The summed E-state index contributed by atoms with van der Waals surface area (Å²) in [6, 6.07) is 8.91. The van der Waals surface area contributed by atoms with Crippen molar-refractivity contribution in [2.45, 2.75) is 32.9 Å². The fourth-order valence-corrected chi connectivity index (χ4v) is 5.15. The van der Waals surface area contributed by atoms with Crippen LogP contribution in [0.25, 0.3) is 10.2 Å². The number of benzene rings is 1. The van der Waals surface area contributed by atoms with Crippen LogP contribution in [0, 0.1) is 6.92 Å². The molecule has 1 aromatic carbocycles. The molecule has 0 saturated carbocycles. The maximum atomic E-state index is 12.9. The molecule has 1 atom stereocenters. The van der Waals surface area contributed by atoms with Gasteiger partial charge < -0.3 is 19.7 Å². The first kappa shape index (κ1) is 20.6. The molecule has 1 amide bonds. The monoisotopic (exact) mass is 426 g/mol. The van der Waals surface area contributed by atoms with Crippen molar-refractivity contribution in [2.75, 3.05) is 32.2 Å². The Hall–Kier alpha value is -2.71. The van der Waals surface area contributed by atoms with Crippen LogP contribution >= 0.6 is 11.3 Å². The smallest absolute Gasteiger partial charge is 0.261 e. The van der Waals surface area contributed by atoms with Crippen LogP contribution in [0.4, 0.5) is 5.69 Å². The van der Waals surface area contributed by atoms with E-state index in [0.29, 0.717) is 35.8 Å². The largest absolute Gasteiger partial charge is 0.480 e. The number of anilines is 1. The minimum atomic E-state index is -0.0917. The van der Waals surface area contributed by atoms with Gasteiger partial charge in [-0.25, -0.2) is 4.98 Å². The third-order valence-electron chi connectivity index (χ3n) is 5.46. The molecule has 1 N–H and O–H groups in total. The second-order valence-electron chi connectivity index (χ2n) is 7.45. The number of ether oxygens (including phenoxy) is 2. The van der Waals surface area contributed by atoms with E-state index < -0.39 is 0 Å². The molecule has 8 heteroatoms. The number of aryl methyl sites for hydroxylation is 1. The number of nitrogens with zero attached hydrogens (tertiary/aromatic N) is 3. The first-order valence-corrected chi connectivity index (χ1v) is 10.8. The van der Waals surface area contributed by atoms with Crippen LogP contribution in [0.5, 0.6) is 5.88 Å². The molecule has 0 aliphatic carbocycles. The summed E-state index contributed by atoms with van der Waals surface area (Å²) < 4.78 is 10.6. The van der Waals surface area contributed by atoms with Crippen LogP contribution in [-0.2, 0) is 17.8 Å². The van der Waals surface area contributed by atoms with E-state index in [0.717, 1.165) is 28.7 Å². The lowest BCUT2D eigenvalue weighted by Crippen LogP contribution is -2.37. The number of aromatic nitrogens is 2. The second kappa shape index (κ2) is 8.57. The SMILES string of the molecule is COCc1nc(OC)c2c(C)c(C(=O)NCCN3c4ccccc4CC3C)sc2n1. The van der Waals surface area contributed by atoms with Crippen molar-refractivity contribution in [3.05, 3.63) is 46.1 Å². The van der Waals surface area contributed by atoms with Crippen molar-refractivity contribution < 1.29 is 14.3 Å². The van der Waals surface area contributed by atoms with Gasteiger partial charge in [0.15, 0.2) is 5.82 Å². The zero-order chi connectivity index (χ0) is 21.3. The fourth-order valence-electron chi connectivity index (χ4n) is 4.04. The molecule has 1 aliphatic heterocycles. The molecule has 0 saturated heterocycles. The van der Waals surface area contributed by atoms with Crippen molar-refractivity contribution >= 4 is 33.1 Å². The number of fused-ring (bicyclic) bond motifs is 2. The highest BCUT2D eigenvalue weighted by Crippen LogP contribution is 2.35. The summed E-state index contributed by atoms with van der Waals surface area (Å²) in [7, 11) is 3.17. The summed E-state index contributed by atoms with van der Waals surface area (Å²) >= 11 is 1.36. The molecule has 0 bridgehead atoms. The van der Waals surface area contributed by atoms with Crippen LogP contribution < -0.4 is 15.0 Å². The number of para-hydroxylation sites is 1. The number of carbonyl (C=O) groups is 1. The number of hydrogen-bond acceptors (Lipinski definition) is 7. The van der Waals surface area contributed by atoms with Crippen molar-refractivity contribution in [3.8, 4) is 5.88 Å². The van der Waals surface area contributed by atoms with Gasteiger partial charge in [0.25, 0.3) is 5.91 Å². The summed E-state index contributed by atoms with van der Waals surface area (Å²) in [5, 5.41) is 3.86. The molecule has 1 aliphatic rings. The standard InChI is InChI=1S/C22H26N4O3S/c1-13-11-15-7-5-6-8-16(15)26(13)10-9-23-20(27)19-14(2)18-21(29-4)24-17(12-28-3)25-22(18)30-19/h5-8,13H,9-12H2,1-4H3,(H,23,27). The molecule has 0 radical (unpaired) electrons. The van der Waals surface area contributed by atoms with Crippen molar-refractivity contribution in [3.63, 3.8) is 0 Å². The summed E-state index contributed by atoms with van der Waals surface area (Å²) in [6.07, 6.45) is 1.04. The van der Waals surface area contributed by atoms with Crippen LogP contribution in [0.2, 0.25) is 0 Å². The fraction of sp³-hybridized carbons (Fsp3) is 0.409. The quantitative estimate of drug-likeness (QED) is 0.625. The second-order valence-corrected chi connectivity index (χ2v) is 8.45. The van der Waals surface area contributed by atoms with E-state index in [1.165, 1.54) is 22.6 Å². The summed E-state index contributed by atoms with van der Waals surface area (Å²) in [5.74, 6) is 0.921. The van der Waals surface area contributed by atoms with Gasteiger partial charge in [0.2, 0.25) is 5.88 Å². The van der Waals surface area contributed by atoms with E-state index in [1.807, 2.05) is 6.92 Å². The van der Waals surface area contributed by atoms with Crippen molar-refractivity contribution in [1.82, 2.24) is 15.3 Å². The van der Waals surface area contributed by atoms with Crippen molar-refractivity contribution in [2.24, 2.45) is 0 Å². The van der Waals surface area contributed by atoms with Gasteiger partial charge in [-0.2, -0.15) is 4.98 Å². The molecule has 0 spiro atoms. The Morgan fingerprint density at radius 3 is 2.87 bits per heavy atom. The maximum absolute atomic E-state index is 12.9.